The molecular weight excluding hydrogens is 210 g/mol. The van der Waals surface area contributed by atoms with E-state index in [-0.39, 0.29) is 0 Å². The normalized spacial score (nSPS) is 18.7. The maximum absolute atomic E-state index is 4.36. The van der Waals surface area contributed by atoms with Crippen LogP contribution in [-0.4, -0.2) is 15.8 Å². The minimum Gasteiger partial charge on any atom is -0.310 e. The summed E-state index contributed by atoms with van der Waals surface area (Å²) in [5.41, 5.74) is 1.31. The number of aryl methyl sites for hydroxylation is 1. The SMILES string of the molecule is CCCn1cc(CN[C@@H](C)C2CCCC2)cn1. The van der Waals surface area contributed by atoms with Gasteiger partial charge in [-0.2, -0.15) is 5.10 Å². The van der Waals surface area contributed by atoms with E-state index in [4.69, 9.17) is 0 Å². The van der Waals surface area contributed by atoms with Crippen molar-refractivity contribution in [3.63, 3.8) is 0 Å². The first-order valence-electron chi connectivity index (χ1n) is 7.04. The van der Waals surface area contributed by atoms with Crippen LogP contribution < -0.4 is 5.32 Å². The zero-order chi connectivity index (χ0) is 12.1. The molecule has 1 aromatic heterocycles. The van der Waals surface area contributed by atoms with Gasteiger partial charge in [-0.3, -0.25) is 4.68 Å². The van der Waals surface area contributed by atoms with E-state index < -0.39 is 0 Å². The van der Waals surface area contributed by atoms with E-state index in [0.29, 0.717) is 6.04 Å². The summed E-state index contributed by atoms with van der Waals surface area (Å²) in [4.78, 5) is 0. The van der Waals surface area contributed by atoms with Crippen molar-refractivity contribution in [2.24, 2.45) is 5.92 Å². The predicted molar refractivity (Wildman–Crippen MR) is 70.8 cm³/mol. The van der Waals surface area contributed by atoms with Crippen LogP contribution in [0.3, 0.4) is 0 Å². The van der Waals surface area contributed by atoms with Crippen molar-refractivity contribution in [3.8, 4) is 0 Å². The number of hydrogen-bond acceptors (Lipinski definition) is 2. The average molecular weight is 235 g/mol. The molecule has 0 unspecified atom stereocenters. The zero-order valence-corrected chi connectivity index (χ0v) is 11.2. The molecule has 1 saturated carbocycles. The third-order valence-electron chi connectivity index (χ3n) is 3.87. The van der Waals surface area contributed by atoms with Crippen LogP contribution >= 0.6 is 0 Å². The Labute approximate surface area is 105 Å². The molecule has 0 spiro atoms. The molecule has 0 saturated heterocycles. The minimum atomic E-state index is 0.645. The van der Waals surface area contributed by atoms with Crippen LogP contribution in [0.2, 0.25) is 0 Å². The Hall–Kier alpha value is -0.830. The summed E-state index contributed by atoms with van der Waals surface area (Å²) in [6.45, 7) is 6.49. The number of nitrogens with one attached hydrogen (secondary N) is 1. The summed E-state index contributed by atoms with van der Waals surface area (Å²) in [5, 5.41) is 8.00. The molecule has 0 aliphatic heterocycles. The van der Waals surface area contributed by atoms with Gasteiger partial charge in [0.05, 0.1) is 6.20 Å². The van der Waals surface area contributed by atoms with Gasteiger partial charge in [-0.1, -0.05) is 19.8 Å². The van der Waals surface area contributed by atoms with E-state index in [2.05, 4.69) is 30.5 Å². The van der Waals surface area contributed by atoms with Crippen molar-refractivity contribution in [2.75, 3.05) is 0 Å². The molecule has 1 aromatic rings. The summed E-state index contributed by atoms with van der Waals surface area (Å²) in [6.07, 6.45) is 11.0. The van der Waals surface area contributed by atoms with Gasteiger partial charge < -0.3 is 5.32 Å². The second-order valence-corrected chi connectivity index (χ2v) is 5.33. The molecule has 1 heterocycles. The lowest BCUT2D eigenvalue weighted by molar-refractivity contribution is 0.380. The molecule has 1 aliphatic rings. The lowest BCUT2D eigenvalue weighted by atomic mass is 10.00. The van der Waals surface area contributed by atoms with Crippen molar-refractivity contribution in [1.82, 2.24) is 15.1 Å². The molecule has 3 nitrogen and oxygen atoms in total. The van der Waals surface area contributed by atoms with Gasteiger partial charge in [0.25, 0.3) is 0 Å². The first kappa shape index (κ1) is 12.6. The van der Waals surface area contributed by atoms with Gasteiger partial charge in [-0.25, -0.2) is 0 Å². The van der Waals surface area contributed by atoms with E-state index >= 15 is 0 Å². The number of nitrogens with zero attached hydrogens (tertiary/aromatic N) is 2. The summed E-state index contributed by atoms with van der Waals surface area (Å²) in [5.74, 6) is 0.890. The molecule has 0 amide bonds. The fraction of sp³-hybridized carbons (Fsp3) is 0.786. The highest BCUT2D eigenvalue weighted by molar-refractivity contribution is 5.03. The van der Waals surface area contributed by atoms with Gasteiger partial charge in [0.1, 0.15) is 0 Å². The van der Waals surface area contributed by atoms with Gasteiger partial charge in [0, 0.05) is 30.9 Å². The van der Waals surface area contributed by atoms with Gasteiger partial charge in [-0.15, -0.1) is 0 Å². The Morgan fingerprint density at radius 2 is 2.24 bits per heavy atom. The zero-order valence-electron chi connectivity index (χ0n) is 11.2. The minimum absolute atomic E-state index is 0.645. The maximum Gasteiger partial charge on any atom is 0.0534 e. The fourth-order valence-corrected chi connectivity index (χ4v) is 2.75. The molecule has 0 radical (unpaired) electrons. The second kappa shape index (κ2) is 6.20. The molecule has 1 N–H and O–H groups in total. The molecule has 0 aromatic carbocycles. The van der Waals surface area contributed by atoms with Crippen LogP contribution in [0, 0.1) is 5.92 Å². The molecule has 96 valence electrons. The molecule has 1 aliphatic carbocycles. The van der Waals surface area contributed by atoms with Crippen LogP contribution in [-0.2, 0) is 13.1 Å². The summed E-state index contributed by atoms with van der Waals surface area (Å²) in [6, 6.07) is 0.645. The third kappa shape index (κ3) is 3.56. The fourth-order valence-electron chi connectivity index (χ4n) is 2.75. The first-order chi connectivity index (χ1) is 8.29. The van der Waals surface area contributed by atoms with Crippen LogP contribution in [0.15, 0.2) is 12.4 Å². The van der Waals surface area contributed by atoms with Crippen molar-refractivity contribution in [1.29, 1.82) is 0 Å². The summed E-state index contributed by atoms with van der Waals surface area (Å²) < 4.78 is 2.04. The Kier molecular flexibility index (Phi) is 4.60. The topological polar surface area (TPSA) is 29.9 Å². The summed E-state index contributed by atoms with van der Waals surface area (Å²) >= 11 is 0. The Morgan fingerprint density at radius 3 is 2.94 bits per heavy atom. The summed E-state index contributed by atoms with van der Waals surface area (Å²) in [7, 11) is 0. The third-order valence-corrected chi connectivity index (χ3v) is 3.87. The molecule has 17 heavy (non-hydrogen) atoms. The van der Waals surface area contributed by atoms with E-state index in [1.807, 2.05) is 10.9 Å². The largest absolute Gasteiger partial charge is 0.310 e. The highest BCUT2D eigenvalue weighted by atomic mass is 15.3. The standard InChI is InChI=1S/C14H25N3/c1-3-8-17-11-13(10-16-17)9-15-12(2)14-6-4-5-7-14/h10-12,14-15H,3-9H2,1-2H3/t12-/m0/s1. The van der Waals surface area contributed by atoms with Crippen molar-refractivity contribution in [2.45, 2.75) is 65.1 Å². The van der Waals surface area contributed by atoms with Gasteiger partial charge >= 0.3 is 0 Å². The van der Waals surface area contributed by atoms with Crippen LogP contribution in [0.1, 0.15) is 51.5 Å². The second-order valence-electron chi connectivity index (χ2n) is 5.33. The predicted octanol–water partition coefficient (Wildman–Crippen LogP) is 2.96. The first-order valence-corrected chi connectivity index (χ1v) is 7.04. The molecular formula is C14H25N3. The highest BCUT2D eigenvalue weighted by Crippen LogP contribution is 2.27. The molecule has 1 atom stereocenters. The van der Waals surface area contributed by atoms with Crippen LogP contribution in [0.25, 0.3) is 0 Å². The quantitative estimate of drug-likeness (QED) is 0.821. The van der Waals surface area contributed by atoms with E-state index in [1.165, 1.54) is 31.2 Å². The van der Waals surface area contributed by atoms with Gasteiger partial charge in [-0.05, 0) is 32.1 Å². The average Bonchev–Trinajstić information content (AvgIpc) is 2.97. The monoisotopic (exact) mass is 235 g/mol. The van der Waals surface area contributed by atoms with Gasteiger partial charge in [0.15, 0.2) is 0 Å². The number of hydrogen-bond donors (Lipinski definition) is 1. The van der Waals surface area contributed by atoms with Crippen molar-refractivity contribution >= 4 is 0 Å². The van der Waals surface area contributed by atoms with Crippen LogP contribution in [0.5, 0.6) is 0 Å². The Balaban J connectivity index is 1.76. The lowest BCUT2D eigenvalue weighted by Gasteiger charge is -2.19. The smallest absolute Gasteiger partial charge is 0.0534 e. The molecule has 0 bridgehead atoms. The number of rotatable bonds is 6. The Morgan fingerprint density at radius 1 is 1.47 bits per heavy atom. The van der Waals surface area contributed by atoms with Crippen molar-refractivity contribution in [3.05, 3.63) is 18.0 Å². The lowest BCUT2D eigenvalue weighted by Crippen LogP contribution is -2.31. The highest BCUT2D eigenvalue weighted by Gasteiger charge is 2.20. The molecule has 1 fully saturated rings. The van der Waals surface area contributed by atoms with E-state index in [0.717, 1.165) is 25.4 Å². The molecule has 2 rings (SSSR count). The Bertz CT molecular complexity index is 326. The van der Waals surface area contributed by atoms with E-state index in [9.17, 15) is 0 Å². The van der Waals surface area contributed by atoms with E-state index in [1.54, 1.807) is 0 Å². The molecule has 3 heteroatoms. The number of aromatic nitrogens is 2. The van der Waals surface area contributed by atoms with Crippen LogP contribution in [0.4, 0.5) is 0 Å². The van der Waals surface area contributed by atoms with Crippen molar-refractivity contribution < 1.29 is 0 Å². The van der Waals surface area contributed by atoms with Gasteiger partial charge in [0.2, 0.25) is 0 Å². The maximum atomic E-state index is 4.36.